The minimum Gasteiger partial charge on any atom is -0.296 e. The van der Waals surface area contributed by atoms with Gasteiger partial charge in [-0.05, 0) is 49.9 Å². The van der Waals surface area contributed by atoms with Gasteiger partial charge in [-0.2, -0.15) is 5.10 Å². The zero-order valence-corrected chi connectivity index (χ0v) is 21.7. The number of nitrogens with zero attached hydrogens (tertiary/aromatic N) is 4. The van der Waals surface area contributed by atoms with Crippen LogP contribution in [0.15, 0.2) is 64.7 Å². The van der Waals surface area contributed by atoms with Gasteiger partial charge in [0, 0.05) is 39.9 Å². The SMILES string of the molecule is O=C(Nc1ncc(CN2C(=O)c3ccccc3C2=O)s1)/C(=N/N1CCCC1)c1ccc(SC2CC2)cc1. The Morgan fingerprint density at radius 1 is 1.03 bits per heavy atom. The zero-order valence-electron chi connectivity index (χ0n) is 20.1. The Labute approximate surface area is 222 Å². The summed E-state index contributed by atoms with van der Waals surface area (Å²) in [6, 6.07) is 14.8. The highest BCUT2D eigenvalue weighted by molar-refractivity contribution is 8.00. The molecule has 0 unspecified atom stereocenters. The molecule has 0 atom stereocenters. The molecule has 6 rings (SSSR count). The van der Waals surface area contributed by atoms with Gasteiger partial charge in [0.2, 0.25) is 0 Å². The van der Waals surface area contributed by atoms with Crippen LogP contribution in [-0.4, -0.2) is 56.7 Å². The zero-order chi connectivity index (χ0) is 25.4. The molecule has 1 saturated heterocycles. The van der Waals surface area contributed by atoms with E-state index in [1.807, 2.05) is 28.9 Å². The van der Waals surface area contributed by atoms with E-state index < -0.39 is 0 Å². The molecule has 2 aliphatic heterocycles. The molecule has 2 fully saturated rings. The Balaban J connectivity index is 1.17. The van der Waals surface area contributed by atoms with E-state index in [1.54, 1.807) is 30.5 Å². The van der Waals surface area contributed by atoms with Crippen molar-refractivity contribution in [3.8, 4) is 0 Å². The number of carbonyl (C=O) groups is 3. The molecule has 8 nitrogen and oxygen atoms in total. The van der Waals surface area contributed by atoms with E-state index in [1.165, 1.54) is 34.0 Å². The number of thioether (sulfide) groups is 1. The number of thiazole rings is 1. The van der Waals surface area contributed by atoms with Crippen LogP contribution in [0.2, 0.25) is 0 Å². The molecule has 3 heterocycles. The summed E-state index contributed by atoms with van der Waals surface area (Å²) in [6.07, 6.45) is 6.23. The molecule has 0 spiro atoms. The lowest BCUT2D eigenvalue weighted by Crippen LogP contribution is -2.28. The number of fused-ring (bicyclic) bond motifs is 1. The molecule has 0 bridgehead atoms. The summed E-state index contributed by atoms with van der Waals surface area (Å²) in [6.45, 7) is 1.76. The van der Waals surface area contributed by atoms with Crippen molar-refractivity contribution in [3.05, 3.63) is 76.3 Å². The molecule has 188 valence electrons. The molecule has 1 aliphatic carbocycles. The largest absolute Gasteiger partial charge is 0.296 e. The molecule has 3 aromatic rings. The highest BCUT2D eigenvalue weighted by Gasteiger charge is 2.35. The maximum atomic E-state index is 13.4. The smallest absolute Gasteiger partial charge is 0.278 e. The number of amides is 3. The first-order chi connectivity index (χ1) is 18.0. The summed E-state index contributed by atoms with van der Waals surface area (Å²) in [5.41, 5.74) is 1.93. The van der Waals surface area contributed by atoms with Crippen LogP contribution in [0, 0.1) is 0 Å². The molecule has 37 heavy (non-hydrogen) atoms. The summed E-state index contributed by atoms with van der Waals surface area (Å²) >= 11 is 3.12. The van der Waals surface area contributed by atoms with Crippen LogP contribution in [0.4, 0.5) is 5.13 Å². The van der Waals surface area contributed by atoms with Crippen molar-refractivity contribution in [2.24, 2.45) is 5.10 Å². The van der Waals surface area contributed by atoms with Gasteiger partial charge in [-0.15, -0.1) is 11.8 Å². The van der Waals surface area contributed by atoms with Crippen LogP contribution in [0.1, 0.15) is 56.8 Å². The second kappa shape index (κ2) is 10.1. The van der Waals surface area contributed by atoms with Crippen LogP contribution in [0.5, 0.6) is 0 Å². The third kappa shape index (κ3) is 5.17. The fraction of sp³-hybridized carbons (Fsp3) is 0.296. The lowest BCUT2D eigenvalue weighted by Gasteiger charge is -2.14. The minimum absolute atomic E-state index is 0.106. The summed E-state index contributed by atoms with van der Waals surface area (Å²) < 4.78 is 0. The first-order valence-corrected chi connectivity index (χ1v) is 14.1. The quantitative estimate of drug-likeness (QED) is 0.336. The molecule has 1 aromatic heterocycles. The Morgan fingerprint density at radius 2 is 1.70 bits per heavy atom. The molecule has 1 N–H and O–H groups in total. The number of carbonyl (C=O) groups excluding carboxylic acids is 3. The number of hydrogen-bond donors (Lipinski definition) is 1. The number of imide groups is 1. The normalized spacial score (nSPS) is 17.5. The van der Waals surface area contributed by atoms with Gasteiger partial charge in [0.05, 0.1) is 17.7 Å². The average molecular weight is 532 g/mol. The van der Waals surface area contributed by atoms with Gasteiger partial charge in [-0.3, -0.25) is 29.6 Å². The van der Waals surface area contributed by atoms with Crippen LogP contribution >= 0.6 is 23.1 Å². The topological polar surface area (TPSA) is 95.0 Å². The summed E-state index contributed by atoms with van der Waals surface area (Å²) in [7, 11) is 0. The number of benzene rings is 2. The highest BCUT2D eigenvalue weighted by Crippen LogP contribution is 2.39. The van der Waals surface area contributed by atoms with Crippen molar-refractivity contribution >= 4 is 51.7 Å². The van der Waals surface area contributed by atoms with E-state index in [9.17, 15) is 14.4 Å². The molecular weight excluding hydrogens is 506 g/mol. The Bertz CT molecular complexity index is 1360. The van der Waals surface area contributed by atoms with Gasteiger partial charge >= 0.3 is 0 Å². The average Bonchev–Trinajstić information content (AvgIpc) is 3.28. The number of hydrogen-bond acceptors (Lipinski definition) is 8. The monoisotopic (exact) mass is 531 g/mol. The highest BCUT2D eigenvalue weighted by atomic mass is 32.2. The van der Waals surface area contributed by atoms with Crippen molar-refractivity contribution < 1.29 is 14.4 Å². The predicted molar refractivity (Wildman–Crippen MR) is 144 cm³/mol. The first kappa shape index (κ1) is 23.9. The first-order valence-electron chi connectivity index (χ1n) is 12.4. The second-order valence-corrected chi connectivity index (χ2v) is 11.8. The summed E-state index contributed by atoms with van der Waals surface area (Å²) in [5.74, 6) is -0.970. The number of hydrazone groups is 1. The summed E-state index contributed by atoms with van der Waals surface area (Å²) in [5, 5.41) is 10.6. The predicted octanol–water partition coefficient (Wildman–Crippen LogP) is 4.63. The van der Waals surface area contributed by atoms with Crippen molar-refractivity contribution in [2.75, 3.05) is 18.4 Å². The van der Waals surface area contributed by atoms with Crippen LogP contribution in [-0.2, 0) is 11.3 Å². The third-order valence-corrected chi connectivity index (χ3v) is 8.71. The van der Waals surface area contributed by atoms with Crippen molar-refractivity contribution in [3.63, 3.8) is 0 Å². The fourth-order valence-corrected chi connectivity index (χ4v) is 6.23. The van der Waals surface area contributed by atoms with Gasteiger partial charge in [0.15, 0.2) is 10.8 Å². The molecule has 0 radical (unpaired) electrons. The molecule has 2 aromatic carbocycles. The Morgan fingerprint density at radius 3 is 2.35 bits per heavy atom. The molecule has 1 saturated carbocycles. The third-order valence-electron chi connectivity index (χ3n) is 6.46. The Hall–Kier alpha value is -3.50. The second-order valence-electron chi connectivity index (χ2n) is 9.28. The lowest BCUT2D eigenvalue weighted by molar-refractivity contribution is -0.110. The van der Waals surface area contributed by atoms with E-state index in [-0.39, 0.29) is 24.3 Å². The van der Waals surface area contributed by atoms with Gasteiger partial charge in [-0.25, -0.2) is 4.98 Å². The van der Waals surface area contributed by atoms with Gasteiger partial charge in [0.1, 0.15) is 0 Å². The number of anilines is 1. The molecule has 10 heteroatoms. The van der Waals surface area contributed by atoms with Crippen LogP contribution in [0.3, 0.4) is 0 Å². The number of nitrogens with one attached hydrogen (secondary N) is 1. The van der Waals surface area contributed by atoms with Gasteiger partial charge < -0.3 is 0 Å². The lowest BCUT2D eigenvalue weighted by atomic mass is 10.1. The number of aromatic nitrogens is 1. The standard InChI is InChI=1S/C27H25N5O3S2/c33-24(23(30-31-13-3-4-14-31)17-7-9-18(10-8-17)36-19-11-12-19)29-27-28-15-20(37-27)16-32-25(34)21-5-1-2-6-22(21)26(32)35/h1-2,5-10,15,19H,3-4,11-14,16H2,(H,28,29,33)/b30-23+. The van der Waals surface area contributed by atoms with E-state index in [0.717, 1.165) is 31.5 Å². The van der Waals surface area contributed by atoms with Crippen molar-refractivity contribution in [1.82, 2.24) is 14.9 Å². The van der Waals surface area contributed by atoms with E-state index in [0.29, 0.717) is 32.1 Å². The maximum Gasteiger partial charge on any atom is 0.278 e. The molecule has 3 aliphatic rings. The molecular formula is C27H25N5O3S2. The Kier molecular flexibility index (Phi) is 6.52. The van der Waals surface area contributed by atoms with E-state index in [4.69, 9.17) is 0 Å². The van der Waals surface area contributed by atoms with Gasteiger partial charge in [0.25, 0.3) is 17.7 Å². The van der Waals surface area contributed by atoms with E-state index in [2.05, 4.69) is 27.5 Å². The van der Waals surface area contributed by atoms with E-state index >= 15 is 0 Å². The number of rotatable bonds is 8. The summed E-state index contributed by atoms with van der Waals surface area (Å²) in [4.78, 5) is 46.2. The van der Waals surface area contributed by atoms with Crippen molar-refractivity contribution in [1.29, 1.82) is 0 Å². The van der Waals surface area contributed by atoms with Crippen LogP contribution < -0.4 is 5.32 Å². The minimum atomic E-state index is -0.337. The van der Waals surface area contributed by atoms with Crippen molar-refractivity contribution in [2.45, 2.75) is 42.4 Å². The fourth-order valence-electron chi connectivity index (χ4n) is 4.38. The maximum absolute atomic E-state index is 13.4. The van der Waals surface area contributed by atoms with Crippen LogP contribution in [0.25, 0.3) is 0 Å². The van der Waals surface area contributed by atoms with Gasteiger partial charge in [-0.1, -0.05) is 35.6 Å². The molecule has 3 amide bonds.